The Labute approximate surface area is 184 Å². The summed E-state index contributed by atoms with van der Waals surface area (Å²) in [6, 6.07) is 12.8. The second kappa shape index (κ2) is 10.0. The number of aliphatic hydroxyl groups excluding tert-OH is 1. The Bertz CT molecular complexity index is 1090. The molecule has 0 amide bonds. The van der Waals surface area contributed by atoms with Gasteiger partial charge in [0.15, 0.2) is 12.4 Å². The van der Waals surface area contributed by atoms with Crippen LogP contribution < -0.4 is 0 Å². The number of fused-ring (bicyclic) bond motifs is 1. The van der Waals surface area contributed by atoms with Crippen LogP contribution in [0.25, 0.3) is 10.8 Å². The van der Waals surface area contributed by atoms with Crippen LogP contribution in [0.15, 0.2) is 42.5 Å². The summed E-state index contributed by atoms with van der Waals surface area (Å²) in [7, 11) is -9.03. The normalized spacial score (nSPS) is 26.9. The molecule has 1 saturated heterocycles. The third-order valence-corrected chi connectivity index (χ3v) is 5.66. The van der Waals surface area contributed by atoms with Crippen molar-refractivity contribution in [3.05, 3.63) is 48.0 Å². The highest BCUT2D eigenvalue weighted by Gasteiger charge is 2.51. The second-order valence-corrected chi connectivity index (χ2v) is 8.99. The Morgan fingerprint density at radius 1 is 0.906 bits per heavy atom. The average Bonchev–Trinajstić information content (AvgIpc) is 2.71. The van der Waals surface area contributed by atoms with Gasteiger partial charge in [0.25, 0.3) is 0 Å². The van der Waals surface area contributed by atoms with E-state index in [1.54, 1.807) is 12.1 Å². The molecule has 0 unspecified atom stereocenters. The number of methoxy groups -OCH3 is 1. The molecule has 1 fully saturated rings. The molecule has 0 aliphatic carbocycles. The molecule has 5 atom stereocenters. The van der Waals surface area contributed by atoms with Crippen molar-refractivity contribution in [1.29, 1.82) is 0 Å². The highest BCUT2D eigenvalue weighted by atomic mass is 32.3. The van der Waals surface area contributed by atoms with E-state index in [4.69, 9.17) is 18.8 Å². The SMILES string of the molecule is CO[C@H]1O[C@H](CO)[C@@H](OS(=O)(=O)O)[C@H](OCc2ccc3ccccc3c2)[C@@H]1OS(=O)(=O)O. The van der Waals surface area contributed by atoms with Crippen molar-refractivity contribution < 1.29 is 53.6 Å². The van der Waals surface area contributed by atoms with Crippen LogP contribution in [0.1, 0.15) is 5.56 Å². The van der Waals surface area contributed by atoms with Gasteiger partial charge in [-0.2, -0.15) is 16.8 Å². The summed E-state index contributed by atoms with van der Waals surface area (Å²) in [6.45, 7) is -0.977. The highest BCUT2D eigenvalue weighted by Crippen LogP contribution is 2.31. The first kappa shape index (κ1) is 24.9. The molecule has 0 radical (unpaired) electrons. The van der Waals surface area contributed by atoms with Crippen LogP contribution in [0.5, 0.6) is 0 Å². The summed E-state index contributed by atoms with van der Waals surface area (Å²) in [6.07, 6.45) is -7.98. The van der Waals surface area contributed by atoms with Gasteiger partial charge in [-0.25, -0.2) is 8.37 Å². The average molecular weight is 494 g/mol. The lowest BCUT2D eigenvalue weighted by molar-refractivity contribution is -0.293. The first-order chi connectivity index (χ1) is 15.0. The molecule has 2 aromatic rings. The number of ether oxygens (including phenoxy) is 3. The zero-order chi connectivity index (χ0) is 23.5. The van der Waals surface area contributed by atoms with Gasteiger partial charge in [-0.1, -0.05) is 36.4 Å². The largest absolute Gasteiger partial charge is 0.397 e. The van der Waals surface area contributed by atoms with Crippen LogP contribution in [0.4, 0.5) is 0 Å². The first-order valence-corrected chi connectivity index (χ1v) is 11.9. The van der Waals surface area contributed by atoms with Gasteiger partial charge < -0.3 is 19.3 Å². The summed E-state index contributed by atoms with van der Waals surface area (Å²) in [5, 5.41) is 11.5. The molecule has 2 aromatic carbocycles. The van der Waals surface area contributed by atoms with Crippen molar-refractivity contribution in [2.45, 2.75) is 37.3 Å². The summed E-state index contributed by atoms with van der Waals surface area (Å²) in [4.78, 5) is 0. The number of rotatable bonds is 9. The van der Waals surface area contributed by atoms with Gasteiger partial charge in [0.1, 0.15) is 18.3 Å². The zero-order valence-corrected chi connectivity index (χ0v) is 18.3. The Morgan fingerprint density at radius 2 is 1.53 bits per heavy atom. The Balaban J connectivity index is 1.94. The van der Waals surface area contributed by atoms with Crippen molar-refractivity contribution in [1.82, 2.24) is 0 Å². The quantitative estimate of drug-likeness (QED) is 0.411. The minimum absolute atomic E-state index is 0.180. The molecule has 3 rings (SSSR count). The van der Waals surface area contributed by atoms with Crippen LogP contribution in [-0.4, -0.2) is 75.5 Å². The van der Waals surface area contributed by atoms with Crippen molar-refractivity contribution >= 4 is 31.6 Å². The Morgan fingerprint density at radius 3 is 2.12 bits per heavy atom. The Kier molecular flexibility index (Phi) is 7.82. The molecule has 178 valence electrons. The van der Waals surface area contributed by atoms with Gasteiger partial charge in [0.2, 0.25) is 0 Å². The van der Waals surface area contributed by atoms with Gasteiger partial charge in [0.05, 0.1) is 13.2 Å². The standard InChI is InChI=1S/C18H22O12S2/c1-26-18-17(30-32(23,24)25)16(15(14(9-19)28-18)29-31(20,21)22)27-10-11-6-7-12-4-2-3-5-13(12)8-11/h2-8,14-19H,9-10H2,1H3,(H,20,21,22)(H,23,24,25)/t14-,15-,16+,17+,18+/m1/s1. The molecule has 3 N–H and O–H groups in total. The summed E-state index contributed by atoms with van der Waals surface area (Å²) >= 11 is 0. The lowest BCUT2D eigenvalue weighted by Crippen LogP contribution is -2.62. The Hall–Kier alpha value is -1.72. The van der Waals surface area contributed by atoms with Gasteiger partial charge >= 0.3 is 20.8 Å². The fourth-order valence-corrected chi connectivity index (χ4v) is 4.42. The van der Waals surface area contributed by atoms with Gasteiger partial charge in [-0.15, -0.1) is 0 Å². The third-order valence-electron chi connectivity index (χ3n) is 4.73. The number of aliphatic hydroxyl groups is 1. The van der Waals surface area contributed by atoms with Gasteiger partial charge in [-0.3, -0.25) is 9.11 Å². The van der Waals surface area contributed by atoms with Crippen molar-refractivity contribution in [2.24, 2.45) is 0 Å². The topological polar surface area (TPSA) is 175 Å². The minimum atomic E-state index is -5.08. The zero-order valence-electron chi connectivity index (χ0n) is 16.7. The monoisotopic (exact) mass is 494 g/mol. The smallest absolute Gasteiger partial charge is 0.394 e. The first-order valence-electron chi connectivity index (χ1n) is 9.20. The minimum Gasteiger partial charge on any atom is -0.394 e. The van der Waals surface area contributed by atoms with E-state index in [0.717, 1.165) is 17.9 Å². The maximum Gasteiger partial charge on any atom is 0.397 e. The lowest BCUT2D eigenvalue weighted by Gasteiger charge is -2.43. The number of hydrogen-bond acceptors (Lipinski definition) is 10. The lowest BCUT2D eigenvalue weighted by atomic mass is 9.99. The van der Waals surface area contributed by atoms with Crippen molar-refractivity contribution in [2.75, 3.05) is 13.7 Å². The molecule has 0 aromatic heterocycles. The van der Waals surface area contributed by atoms with E-state index in [1.807, 2.05) is 30.3 Å². The van der Waals surface area contributed by atoms with E-state index in [-0.39, 0.29) is 6.61 Å². The van der Waals surface area contributed by atoms with Crippen LogP contribution in [0.3, 0.4) is 0 Å². The van der Waals surface area contributed by atoms with E-state index >= 15 is 0 Å². The van der Waals surface area contributed by atoms with E-state index < -0.39 is 58.1 Å². The van der Waals surface area contributed by atoms with Crippen molar-refractivity contribution in [3.63, 3.8) is 0 Å². The molecule has 0 spiro atoms. The maximum absolute atomic E-state index is 11.4. The molecule has 1 aliphatic heterocycles. The van der Waals surface area contributed by atoms with Crippen molar-refractivity contribution in [3.8, 4) is 0 Å². The molecule has 1 aliphatic rings. The van der Waals surface area contributed by atoms with E-state index in [2.05, 4.69) is 8.37 Å². The molecule has 1 heterocycles. The maximum atomic E-state index is 11.4. The molecular formula is C18H22O12S2. The van der Waals surface area contributed by atoms with E-state index in [9.17, 15) is 26.5 Å². The van der Waals surface area contributed by atoms with Gasteiger partial charge in [0, 0.05) is 7.11 Å². The number of benzene rings is 2. The van der Waals surface area contributed by atoms with E-state index in [1.165, 1.54) is 0 Å². The molecule has 0 bridgehead atoms. The number of hydrogen-bond donors (Lipinski definition) is 3. The summed E-state index contributed by atoms with van der Waals surface area (Å²) in [5.41, 5.74) is 0.626. The van der Waals surface area contributed by atoms with Gasteiger partial charge in [-0.05, 0) is 22.4 Å². The fraction of sp³-hybridized carbons (Fsp3) is 0.444. The predicted octanol–water partition coefficient (Wildman–Crippen LogP) is 0.465. The molecule has 14 heteroatoms. The summed E-state index contributed by atoms with van der Waals surface area (Å²) < 4.78 is 89.1. The third kappa shape index (κ3) is 6.41. The molecular weight excluding hydrogens is 472 g/mol. The second-order valence-electron chi connectivity index (χ2n) is 6.90. The van der Waals surface area contributed by atoms with Crippen LogP contribution in [0.2, 0.25) is 0 Å². The van der Waals surface area contributed by atoms with Crippen LogP contribution in [0, 0.1) is 0 Å². The molecule has 32 heavy (non-hydrogen) atoms. The molecule has 0 saturated carbocycles. The van der Waals surface area contributed by atoms with Crippen LogP contribution in [-0.2, 0) is 50.0 Å². The van der Waals surface area contributed by atoms with Crippen LogP contribution >= 0.6 is 0 Å². The van der Waals surface area contributed by atoms with E-state index in [0.29, 0.717) is 5.56 Å². The fourth-order valence-electron chi connectivity index (χ4n) is 3.43. The summed E-state index contributed by atoms with van der Waals surface area (Å²) in [5.74, 6) is 0. The highest BCUT2D eigenvalue weighted by molar-refractivity contribution is 7.81. The molecule has 12 nitrogen and oxygen atoms in total. The predicted molar refractivity (Wildman–Crippen MR) is 108 cm³/mol.